The number of nitrogens with one attached hydrogen (secondary N) is 1. The summed E-state index contributed by atoms with van der Waals surface area (Å²) in [5.41, 5.74) is 0.289. The lowest BCUT2D eigenvalue weighted by Gasteiger charge is -2.12. The van der Waals surface area contributed by atoms with Gasteiger partial charge in [0, 0.05) is 41.0 Å². The average molecular weight is 259 g/mol. The van der Waals surface area contributed by atoms with Gasteiger partial charge in [-0.3, -0.25) is 4.21 Å². The lowest BCUT2D eigenvalue weighted by molar-refractivity contribution is 0.171. The van der Waals surface area contributed by atoms with Crippen LogP contribution >= 0.6 is 0 Å². The van der Waals surface area contributed by atoms with Crippen molar-refractivity contribution in [3.8, 4) is 0 Å². The first kappa shape index (κ1) is 14.3. The zero-order valence-electron chi connectivity index (χ0n) is 9.86. The predicted octanol–water partition coefficient (Wildman–Crippen LogP) is 1.22. The summed E-state index contributed by atoms with van der Waals surface area (Å²) in [5, 5.41) is 12.7. The molecule has 2 N–H and O–H groups in total. The Morgan fingerprint density at radius 1 is 1.47 bits per heavy atom. The second-order valence-corrected chi connectivity index (χ2v) is 5.54. The van der Waals surface area contributed by atoms with Crippen LogP contribution in [0.5, 0.6) is 0 Å². The van der Waals surface area contributed by atoms with Crippen molar-refractivity contribution in [2.24, 2.45) is 0 Å². The Morgan fingerprint density at radius 2 is 2.18 bits per heavy atom. The van der Waals surface area contributed by atoms with E-state index in [4.69, 9.17) is 0 Å². The van der Waals surface area contributed by atoms with Crippen molar-refractivity contribution < 1.29 is 13.7 Å². The predicted molar refractivity (Wildman–Crippen MR) is 67.8 cm³/mol. The van der Waals surface area contributed by atoms with Gasteiger partial charge in [0.25, 0.3) is 0 Å². The number of rotatable bonds is 7. The van der Waals surface area contributed by atoms with E-state index in [0.29, 0.717) is 18.1 Å². The number of halogens is 1. The Kier molecular flexibility index (Phi) is 6.32. The van der Waals surface area contributed by atoms with Crippen LogP contribution in [0, 0.1) is 5.82 Å². The van der Waals surface area contributed by atoms with Gasteiger partial charge in [-0.15, -0.1) is 0 Å². The van der Waals surface area contributed by atoms with Crippen LogP contribution < -0.4 is 5.32 Å². The SMILES string of the molecule is CCS(=O)CCNCC(O)c1ccccc1F. The first-order valence-corrected chi connectivity index (χ1v) is 7.12. The molecule has 0 saturated carbocycles. The summed E-state index contributed by atoms with van der Waals surface area (Å²) < 4.78 is 24.4. The van der Waals surface area contributed by atoms with Gasteiger partial charge < -0.3 is 10.4 Å². The zero-order valence-corrected chi connectivity index (χ0v) is 10.7. The number of benzene rings is 1. The summed E-state index contributed by atoms with van der Waals surface area (Å²) in [6.45, 7) is 2.69. The van der Waals surface area contributed by atoms with Crippen LogP contribution in [0.15, 0.2) is 24.3 Å². The topological polar surface area (TPSA) is 49.3 Å². The molecule has 0 aromatic heterocycles. The Balaban J connectivity index is 2.33. The quantitative estimate of drug-likeness (QED) is 0.724. The van der Waals surface area contributed by atoms with E-state index in [2.05, 4.69) is 5.32 Å². The van der Waals surface area contributed by atoms with E-state index in [0.717, 1.165) is 0 Å². The van der Waals surface area contributed by atoms with Crippen molar-refractivity contribution in [3.63, 3.8) is 0 Å². The summed E-state index contributed by atoms with van der Waals surface area (Å²) in [5.74, 6) is 0.789. The molecule has 0 aliphatic heterocycles. The Morgan fingerprint density at radius 3 is 2.82 bits per heavy atom. The maximum absolute atomic E-state index is 13.3. The molecule has 1 aromatic carbocycles. The van der Waals surface area contributed by atoms with Crippen molar-refractivity contribution in [2.45, 2.75) is 13.0 Å². The summed E-state index contributed by atoms with van der Waals surface area (Å²) in [6, 6.07) is 6.16. The molecule has 0 fully saturated rings. The summed E-state index contributed by atoms with van der Waals surface area (Å²) in [4.78, 5) is 0. The fraction of sp³-hybridized carbons (Fsp3) is 0.500. The lowest BCUT2D eigenvalue weighted by atomic mass is 10.1. The molecule has 0 amide bonds. The van der Waals surface area contributed by atoms with Gasteiger partial charge in [0.2, 0.25) is 0 Å². The molecule has 0 aliphatic carbocycles. The minimum absolute atomic E-state index is 0.266. The van der Waals surface area contributed by atoms with Crippen molar-refractivity contribution in [2.75, 3.05) is 24.6 Å². The van der Waals surface area contributed by atoms with Gasteiger partial charge in [0.1, 0.15) is 5.82 Å². The van der Waals surface area contributed by atoms with E-state index in [1.54, 1.807) is 18.2 Å². The highest BCUT2D eigenvalue weighted by atomic mass is 32.2. The van der Waals surface area contributed by atoms with E-state index < -0.39 is 22.7 Å². The Bertz CT molecular complexity index is 373. The van der Waals surface area contributed by atoms with Crippen molar-refractivity contribution >= 4 is 10.8 Å². The third-order valence-corrected chi connectivity index (χ3v) is 3.73. The van der Waals surface area contributed by atoms with Crippen LogP contribution in [0.4, 0.5) is 4.39 Å². The fourth-order valence-corrected chi connectivity index (χ4v) is 2.09. The van der Waals surface area contributed by atoms with Gasteiger partial charge in [-0.2, -0.15) is 0 Å². The summed E-state index contributed by atoms with van der Waals surface area (Å²) >= 11 is 0. The van der Waals surface area contributed by atoms with E-state index in [-0.39, 0.29) is 12.1 Å². The first-order valence-electron chi connectivity index (χ1n) is 5.63. The highest BCUT2D eigenvalue weighted by molar-refractivity contribution is 7.84. The standard InChI is InChI=1S/C12H18FNO2S/c1-2-17(16)8-7-14-9-12(15)10-5-3-4-6-11(10)13/h3-6,12,14-15H,2,7-9H2,1H3. The van der Waals surface area contributed by atoms with Gasteiger partial charge in [-0.05, 0) is 6.07 Å². The molecule has 0 spiro atoms. The molecule has 0 bridgehead atoms. The molecule has 17 heavy (non-hydrogen) atoms. The van der Waals surface area contributed by atoms with Gasteiger partial charge >= 0.3 is 0 Å². The van der Waals surface area contributed by atoms with E-state index >= 15 is 0 Å². The van der Waals surface area contributed by atoms with Crippen LogP contribution in [0.25, 0.3) is 0 Å². The third-order valence-electron chi connectivity index (χ3n) is 2.43. The molecule has 5 heteroatoms. The fourth-order valence-electron chi connectivity index (χ4n) is 1.42. The number of aliphatic hydroxyl groups excluding tert-OH is 1. The summed E-state index contributed by atoms with van der Waals surface area (Å²) in [7, 11) is -0.809. The molecular weight excluding hydrogens is 241 g/mol. The largest absolute Gasteiger partial charge is 0.387 e. The molecular formula is C12H18FNO2S. The van der Waals surface area contributed by atoms with E-state index in [9.17, 15) is 13.7 Å². The second kappa shape index (κ2) is 7.53. The molecule has 2 atom stereocenters. The maximum Gasteiger partial charge on any atom is 0.129 e. The van der Waals surface area contributed by atoms with Crippen molar-refractivity contribution in [1.29, 1.82) is 0 Å². The third kappa shape index (κ3) is 4.93. The molecule has 0 aliphatic rings. The Labute approximate surface area is 104 Å². The molecule has 1 aromatic rings. The van der Waals surface area contributed by atoms with Crippen LogP contribution in [0.2, 0.25) is 0 Å². The van der Waals surface area contributed by atoms with Gasteiger partial charge in [-0.25, -0.2) is 4.39 Å². The van der Waals surface area contributed by atoms with Crippen molar-refractivity contribution in [3.05, 3.63) is 35.6 Å². The van der Waals surface area contributed by atoms with Crippen LogP contribution in [0.1, 0.15) is 18.6 Å². The Hall–Kier alpha value is -0.780. The lowest BCUT2D eigenvalue weighted by Crippen LogP contribution is -2.26. The van der Waals surface area contributed by atoms with Crippen molar-refractivity contribution in [1.82, 2.24) is 5.32 Å². The number of hydrogen-bond donors (Lipinski definition) is 2. The second-order valence-electron chi connectivity index (χ2n) is 3.67. The molecule has 0 saturated heterocycles. The molecule has 3 nitrogen and oxygen atoms in total. The van der Waals surface area contributed by atoms with Gasteiger partial charge in [-0.1, -0.05) is 25.1 Å². The molecule has 0 radical (unpaired) electrons. The van der Waals surface area contributed by atoms with Crippen LogP contribution in [-0.4, -0.2) is 33.9 Å². The average Bonchev–Trinajstić information content (AvgIpc) is 2.34. The van der Waals surface area contributed by atoms with E-state index in [1.807, 2.05) is 6.92 Å². The molecule has 0 heterocycles. The van der Waals surface area contributed by atoms with Crippen LogP contribution in [-0.2, 0) is 10.8 Å². The highest BCUT2D eigenvalue weighted by Gasteiger charge is 2.11. The first-order chi connectivity index (χ1) is 8.15. The minimum Gasteiger partial charge on any atom is -0.387 e. The summed E-state index contributed by atoms with van der Waals surface area (Å²) in [6.07, 6.45) is -0.869. The molecule has 2 unspecified atom stereocenters. The van der Waals surface area contributed by atoms with Gasteiger partial charge in [0.15, 0.2) is 0 Å². The highest BCUT2D eigenvalue weighted by Crippen LogP contribution is 2.15. The van der Waals surface area contributed by atoms with Gasteiger partial charge in [0.05, 0.1) is 6.10 Å². The number of aliphatic hydroxyl groups is 1. The minimum atomic E-state index is -0.869. The maximum atomic E-state index is 13.3. The normalized spacial score (nSPS) is 14.5. The van der Waals surface area contributed by atoms with E-state index in [1.165, 1.54) is 6.07 Å². The smallest absolute Gasteiger partial charge is 0.129 e. The monoisotopic (exact) mass is 259 g/mol. The number of hydrogen-bond acceptors (Lipinski definition) is 3. The van der Waals surface area contributed by atoms with Crippen LogP contribution in [0.3, 0.4) is 0 Å². The molecule has 96 valence electrons. The molecule has 1 rings (SSSR count). The zero-order chi connectivity index (χ0) is 12.7.